The van der Waals surface area contributed by atoms with Gasteiger partial charge >= 0.3 is 6.18 Å². The number of alkyl halides is 3. The van der Waals surface area contributed by atoms with Gasteiger partial charge in [0.05, 0.1) is 12.6 Å². The quantitative estimate of drug-likeness (QED) is 0.915. The minimum atomic E-state index is -4.32. The summed E-state index contributed by atoms with van der Waals surface area (Å²) >= 11 is 0. The van der Waals surface area contributed by atoms with Crippen LogP contribution in [-0.4, -0.2) is 33.0 Å². The van der Waals surface area contributed by atoms with Crippen LogP contribution in [0, 0.1) is 0 Å². The molecule has 1 atom stereocenters. The molecular weight excluding hydrogens is 259 g/mol. The average molecular weight is 275 g/mol. The van der Waals surface area contributed by atoms with Crippen molar-refractivity contribution < 1.29 is 22.6 Å². The van der Waals surface area contributed by atoms with Gasteiger partial charge in [0.15, 0.2) is 6.61 Å². The van der Waals surface area contributed by atoms with Gasteiger partial charge in [-0.05, 0) is 24.6 Å². The van der Waals surface area contributed by atoms with Gasteiger partial charge in [0, 0.05) is 12.7 Å². The first-order valence-electron chi connectivity index (χ1n) is 6.05. The van der Waals surface area contributed by atoms with Crippen LogP contribution in [0.1, 0.15) is 17.2 Å². The number of hydrogen-bond acceptors (Lipinski definition) is 3. The van der Waals surface area contributed by atoms with Crippen LogP contribution in [0.5, 0.6) is 5.75 Å². The fourth-order valence-corrected chi connectivity index (χ4v) is 2.27. The molecule has 0 saturated heterocycles. The highest BCUT2D eigenvalue weighted by atomic mass is 19.4. The lowest BCUT2D eigenvalue weighted by atomic mass is 9.94. The van der Waals surface area contributed by atoms with E-state index in [1.54, 1.807) is 19.2 Å². The summed E-state index contributed by atoms with van der Waals surface area (Å²) in [5, 5.41) is 3.27. The van der Waals surface area contributed by atoms with Crippen LogP contribution in [0.15, 0.2) is 18.2 Å². The number of halogens is 3. The van der Waals surface area contributed by atoms with E-state index in [0.717, 1.165) is 11.1 Å². The van der Waals surface area contributed by atoms with E-state index in [1.807, 2.05) is 6.07 Å². The van der Waals surface area contributed by atoms with Gasteiger partial charge in [-0.1, -0.05) is 12.1 Å². The molecule has 1 aromatic rings. The molecule has 0 aliphatic carbocycles. The van der Waals surface area contributed by atoms with E-state index >= 15 is 0 Å². The third-order valence-electron chi connectivity index (χ3n) is 3.04. The lowest BCUT2D eigenvalue weighted by Crippen LogP contribution is -2.33. The molecule has 106 valence electrons. The Morgan fingerprint density at radius 1 is 1.37 bits per heavy atom. The van der Waals surface area contributed by atoms with Crippen molar-refractivity contribution in [2.24, 2.45) is 0 Å². The summed E-state index contributed by atoms with van der Waals surface area (Å²) < 4.78 is 46.7. The second-order valence-electron chi connectivity index (χ2n) is 4.44. The molecule has 0 amide bonds. The Hall–Kier alpha value is -1.27. The average Bonchev–Trinajstić information content (AvgIpc) is 2.36. The third-order valence-corrected chi connectivity index (χ3v) is 3.04. The van der Waals surface area contributed by atoms with Crippen molar-refractivity contribution >= 4 is 0 Å². The van der Waals surface area contributed by atoms with Crippen LogP contribution in [0.2, 0.25) is 0 Å². The SMILES string of the molecule is COCC1NCCc2c(OCC(F)(F)F)cccc21. The Bertz CT molecular complexity index is 434. The number of nitrogens with one attached hydrogen (secondary N) is 1. The lowest BCUT2D eigenvalue weighted by Gasteiger charge is -2.28. The number of ether oxygens (including phenoxy) is 2. The minimum Gasteiger partial charge on any atom is -0.484 e. The molecule has 1 aromatic carbocycles. The standard InChI is InChI=1S/C13H16F3NO2/c1-18-7-11-9-3-2-4-12(10(9)5-6-17-11)19-8-13(14,15)16/h2-4,11,17H,5-8H2,1H3. The molecule has 0 radical (unpaired) electrons. The molecule has 1 N–H and O–H groups in total. The highest BCUT2D eigenvalue weighted by Crippen LogP contribution is 2.31. The van der Waals surface area contributed by atoms with Crippen molar-refractivity contribution in [1.29, 1.82) is 0 Å². The van der Waals surface area contributed by atoms with Gasteiger partial charge in [-0.3, -0.25) is 0 Å². The summed E-state index contributed by atoms with van der Waals surface area (Å²) in [6.07, 6.45) is -3.66. The molecule has 6 heteroatoms. The molecule has 1 aliphatic heterocycles. The van der Waals surface area contributed by atoms with Gasteiger partial charge in [-0.25, -0.2) is 0 Å². The van der Waals surface area contributed by atoms with Crippen LogP contribution in [0.4, 0.5) is 13.2 Å². The largest absolute Gasteiger partial charge is 0.484 e. The van der Waals surface area contributed by atoms with Gasteiger partial charge in [-0.15, -0.1) is 0 Å². The predicted octanol–water partition coefficient (Wildman–Crippen LogP) is 2.46. The van der Waals surface area contributed by atoms with E-state index in [2.05, 4.69) is 5.32 Å². The maximum absolute atomic E-state index is 12.2. The van der Waals surface area contributed by atoms with E-state index in [9.17, 15) is 13.2 Å². The van der Waals surface area contributed by atoms with Gasteiger partial charge in [-0.2, -0.15) is 13.2 Å². The fourth-order valence-electron chi connectivity index (χ4n) is 2.27. The van der Waals surface area contributed by atoms with E-state index in [1.165, 1.54) is 0 Å². The summed E-state index contributed by atoms with van der Waals surface area (Å²) in [5.74, 6) is 0.317. The first-order chi connectivity index (χ1) is 9.01. The number of hydrogen-bond donors (Lipinski definition) is 1. The van der Waals surface area contributed by atoms with Gasteiger partial charge < -0.3 is 14.8 Å². The summed E-state index contributed by atoms with van der Waals surface area (Å²) in [6, 6.07) is 5.19. The van der Waals surface area contributed by atoms with Crippen molar-refractivity contribution in [2.45, 2.75) is 18.6 Å². The topological polar surface area (TPSA) is 30.5 Å². The Labute approximate surface area is 109 Å². The molecule has 0 bridgehead atoms. The second kappa shape index (κ2) is 5.79. The Kier molecular flexibility index (Phi) is 4.31. The normalized spacial score (nSPS) is 19.1. The monoisotopic (exact) mass is 275 g/mol. The van der Waals surface area contributed by atoms with E-state index in [-0.39, 0.29) is 6.04 Å². The third kappa shape index (κ3) is 3.61. The Morgan fingerprint density at radius 3 is 2.84 bits per heavy atom. The van der Waals surface area contributed by atoms with E-state index in [4.69, 9.17) is 9.47 Å². The number of fused-ring (bicyclic) bond motifs is 1. The van der Waals surface area contributed by atoms with Gasteiger partial charge in [0.1, 0.15) is 5.75 Å². The zero-order chi connectivity index (χ0) is 13.9. The molecule has 1 aliphatic rings. The molecule has 1 heterocycles. The summed E-state index contributed by atoms with van der Waals surface area (Å²) in [7, 11) is 1.60. The van der Waals surface area contributed by atoms with Crippen molar-refractivity contribution in [3.8, 4) is 5.75 Å². The smallest absolute Gasteiger partial charge is 0.422 e. The van der Waals surface area contributed by atoms with Crippen LogP contribution in [0.3, 0.4) is 0 Å². The Morgan fingerprint density at radius 2 is 2.16 bits per heavy atom. The maximum atomic E-state index is 12.2. The molecule has 19 heavy (non-hydrogen) atoms. The Balaban J connectivity index is 2.20. The molecular formula is C13H16F3NO2. The molecule has 1 unspecified atom stereocenters. The summed E-state index contributed by atoms with van der Waals surface area (Å²) in [6.45, 7) is -0.0744. The zero-order valence-electron chi connectivity index (χ0n) is 10.6. The van der Waals surface area contributed by atoms with Crippen molar-refractivity contribution in [2.75, 3.05) is 26.9 Å². The maximum Gasteiger partial charge on any atom is 0.422 e. The molecule has 2 rings (SSSR count). The van der Waals surface area contributed by atoms with Crippen LogP contribution in [0.25, 0.3) is 0 Å². The second-order valence-corrected chi connectivity index (χ2v) is 4.44. The van der Waals surface area contributed by atoms with Crippen LogP contribution >= 0.6 is 0 Å². The van der Waals surface area contributed by atoms with Crippen LogP contribution < -0.4 is 10.1 Å². The van der Waals surface area contributed by atoms with E-state index < -0.39 is 12.8 Å². The predicted molar refractivity (Wildman–Crippen MR) is 64.3 cm³/mol. The van der Waals surface area contributed by atoms with E-state index in [0.29, 0.717) is 25.3 Å². The number of benzene rings is 1. The first-order valence-corrected chi connectivity index (χ1v) is 6.05. The zero-order valence-corrected chi connectivity index (χ0v) is 10.6. The first kappa shape index (κ1) is 14.1. The highest BCUT2D eigenvalue weighted by molar-refractivity contribution is 5.43. The van der Waals surface area contributed by atoms with Gasteiger partial charge in [0.25, 0.3) is 0 Å². The van der Waals surface area contributed by atoms with Crippen molar-refractivity contribution in [3.05, 3.63) is 29.3 Å². The summed E-state index contributed by atoms with van der Waals surface area (Å²) in [5.41, 5.74) is 1.79. The van der Waals surface area contributed by atoms with Crippen molar-refractivity contribution in [1.82, 2.24) is 5.32 Å². The fraction of sp³-hybridized carbons (Fsp3) is 0.538. The van der Waals surface area contributed by atoms with Gasteiger partial charge in [0.2, 0.25) is 0 Å². The number of rotatable bonds is 4. The number of methoxy groups -OCH3 is 1. The molecule has 0 saturated carbocycles. The molecule has 0 aromatic heterocycles. The lowest BCUT2D eigenvalue weighted by molar-refractivity contribution is -0.153. The van der Waals surface area contributed by atoms with Crippen molar-refractivity contribution in [3.63, 3.8) is 0 Å². The van der Waals surface area contributed by atoms with Crippen LogP contribution in [-0.2, 0) is 11.2 Å². The minimum absolute atomic E-state index is 0.00295. The molecule has 0 fully saturated rings. The molecule has 3 nitrogen and oxygen atoms in total. The molecule has 0 spiro atoms. The summed E-state index contributed by atoms with van der Waals surface area (Å²) in [4.78, 5) is 0. The highest BCUT2D eigenvalue weighted by Gasteiger charge is 2.30.